The zero-order chi connectivity index (χ0) is 14.2. The van der Waals surface area contributed by atoms with Gasteiger partial charge in [0.05, 0.1) is 0 Å². The number of rotatable bonds is 7. The second kappa shape index (κ2) is 7.81. The van der Waals surface area contributed by atoms with Crippen LogP contribution in [-0.4, -0.2) is 6.54 Å². The van der Waals surface area contributed by atoms with E-state index >= 15 is 0 Å². The Bertz CT molecular complexity index is 510. The topological polar surface area (TPSA) is 12.0 Å². The molecule has 0 amide bonds. The molecular weight excluding hydrogens is 249 g/mol. The van der Waals surface area contributed by atoms with Gasteiger partial charge in [-0.3, -0.25) is 0 Å². The molecule has 2 heteroatoms. The van der Waals surface area contributed by atoms with E-state index in [-0.39, 0.29) is 5.82 Å². The molecular formula is C18H22FN. The molecule has 1 atom stereocenters. The first-order valence-corrected chi connectivity index (χ1v) is 7.32. The third kappa shape index (κ3) is 4.46. The number of aryl methyl sites for hydroxylation is 1. The van der Waals surface area contributed by atoms with Gasteiger partial charge in [0.15, 0.2) is 0 Å². The molecule has 2 aromatic rings. The zero-order valence-corrected chi connectivity index (χ0v) is 12.0. The Balaban J connectivity index is 1.90. The molecule has 1 unspecified atom stereocenters. The van der Waals surface area contributed by atoms with Crippen molar-refractivity contribution in [3.8, 4) is 0 Å². The highest BCUT2D eigenvalue weighted by molar-refractivity contribution is 5.19. The summed E-state index contributed by atoms with van der Waals surface area (Å²) in [6.07, 6.45) is 3.04. The van der Waals surface area contributed by atoms with E-state index in [1.165, 1.54) is 11.6 Å². The maximum absolute atomic E-state index is 13.1. The summed E-state index contributed by atoms with van der Waals surface area (Å²) in [6, 6.07) is 17.8. The van der Waals surface area contributed by atoms with Gasteiger partial charge in [-0.1, -0.05) is 49.4 Å². The Kier molecular flexibility index (Phi) is 5.75. The van der Waals surface area contributed by atoms with Gasteiger partial charge in [-0.05, 0) is 49.1 Å². The van der Waals surface area contributed by atoms with E-state index in [1.807, 2.05) is 12.1 Å². The molecule has 0 bridgehead atoms. The van der Waals surface area contributed by atoms with Crippen molar-refractivity contribution in [3.05, 3.63) is 71.5 Å². The quantitative estimate of drug-likeness (QED) is 0.782. The number of nitrogens with one attached hydrogen (secondary N) is 1. The van der Waals surface area contributed by atoms with Crippen LogP contribution < -0.4 is 5.32 Å². The Morgan fingerprint density at radius 1 is 1.05 bits per heavy atom. The van der Waals surface area contributed by atoms with E-state index in [4.69, 9.17) is 0 Å². The predicted octanol–water partition coefficient (Wildman–Crippen LogP) is 4.50. The summed E-state index contributed by atoms with van der Waals surface area (Å²) >= 11 is 0. The number of hydrogen-bond donors (Lipinski definition) is 1. The molecule has 0 saturated heterocycles. The lowest BCUT2D eigenvalue weighted by Crippen LogP contribution is -2.20. The highest BCUT2D eigenvalue weighted by Crippen LogP contribution is 2.19. The van der Waals surface area contributed by atoms with Crippen LogP contribution in [0.25, 0.3) is 0 Å². The molecule has 0 aliphatic heterocycles. The van der Waals surface area contributed by atoms with Crippen LogP contribution in [0.1, 0.15) is 36.9 Å². The SMILES string of the molecule is CCNC(CCCc1cccc(F)c1)c1ccccc1. The fourth-order valence-electron chi connectivity index (χ4n) is 2.52. The first kappa shape index (κ1) is 14.7. The molecule has 1 N–H and O–H groups in total. The highest BCUT2D eigenvalue weighted by atomic mass is 19.1. The van der Waals surface area contributed by atoms with Crippen LogP contribution in [0.2, 0.25) is 0 Å². The molecule has 20 heavy (non-hydrogen) atoms. The first-order valence-electron chi connectivity index (χ1n) is 7.32. The maximum atomic E-state index is 13.1. The van der Waals surface area contributed by atoms with Gasteiger partial charge in [-0.25, -0.2) is 4.39 Å². The summed E-state index contributed by atoms with van der Waals surface area (Å²) in [5.74, 6) is -0.145. The number of halogens is 1. The monoisotopic (exact) mass is 271 g/mol. The molecule has 0 radical (unpaired) electrons. The number of benzene rings is 2. The van der Waals surface area contributed by atoms with Gasteiger partial charge in [-0.2, -0.15) is 0 Å². The van der Waals surface area contributed by atoms with Crippen LogP contribution in [0.15, 0.2) is 54.6 Å². The van der Waals surface area contributed by atoms with Gasteiger partial charge in [-0.15, -0.1) is 0 Å². The van der Waals surface area contributed by atoms with Gasteiger partial charge < -0.3 is 5.32 Å². The lowest BCUT2D eigenvalue weighted by Gasteiger charge is -2.18. The summed E-state index contributed by atoms with van der Waals surface area (Å²) in [6.45, 7) is 3.09. The predicted molar refractivity (Wildman–Crippen MR) is 82.2 cm³/mol. The average molecular weight is 271 g/mol. The van der Waals surface area contributed by atoms with Crippen molar-refractivity contribution >= 4 is 0 Å². The minimum Gasteiger partial charge on any atom is -0.310 e. The van der Waals surface area contributed by atoms with E-state index in [9.17, 15) is 4.39 Å². The van der Waals surface area contributed by atoms with Gasteiger partial charge in [0, 0.05) is 6.04 Å². The van der Waals surface area contributed by atoms with E-state index in [0.29, 0.717) is 6.04 Å². The molecule has 0 saturated carbocycles. The van der Waals surface area contributed by atoms with Crippen molar-refractivity contribution < 1.29 is 4.39 Å². The Morgan fingerprint density at radius 3 is 2.55 bits per heavy atom. The second-order valence-corrected chi connectivity index (χ2v) is 5.04. The number of hydrogen-bond acceptors (Lipinski definition) is 1. The lowest BCUT2D eigenvalue weighted by atomic mass is 9.99. The Morgan fingerprint density at radius 2 is 1.85 bits per heavy atom. The molecule has 0 aliphatic rings. The molecule has 0 heterocycles. The van der Waals surface area contributed by atoms with Crippen LogP contribution in [0.5, 0.6) is 0 Å². The highest BCUT2D eigenvalue weighted by Gasteiger charge is 2.09. The van der Waals surface area contributed by atoms with Crippen molar-refractivity contribution in [1.29, 1.82) is 0 Å². The molecule has 2 aromatic carbocycles. The minimum atomic E-state index is -0.145. The van der Waals surface area contributed by atoms with Crippen LogP contribution in [0, 0.1) is 5.82 Å². The minimum absolute atomic E-state index is 0.145. The third-order valence-corrected chi connectivity index (χ3v) is 3.50. The largest absolute Gasteiger partial charge is 0.310 e. The van der Waals surface area contributed by atoms with Gasteiger partial charge in [0.1, 0.15) is 5.82 Å². The Labute approximate surface area is 120 Å². The summed E-state index contributed by atoms with van der Waals surface area (Å²) in [5.41, 5.74) is 2.40. The van der Waals surface area contributed by atoms with Crippen LogP contribution >= 0.6 is 0 Å². The first-order chi connectivity index (χ1) is 9.79. The summed E-state index contributed by atoms with van der Waals surface area (Å²) in [4.78, 5) is 0. The second-order valence-electron chi connectivity index (χ2n) is 5.04. The van der Waals surface area contributed by atoms with Gasteiger partial charge in [0.25, 0.3) is 0 Å². The molecule has 0 aliphatic carbocycles. The van der Waals surface area contributed by atoms with Crippen molar-refractivity contribution in [2.24, 2.45) is 0 Å². The molecule has 1 nitrogen and oxygen atoms in total. The van der Waals surface area contributed by atoms with E-state index < -0.39 is 0 Å². The van der Waals surface area contributed by atoms with Crippen molar-refractivity contribution in [2.75, 3.05) is 6.54 Å². The maximum Gasteiger partial charge on any atom is 0.123 e. The van der Waals surface area contributed by atoms with E-state index in [1.54, 1.807) is 12.1 Å². The summed E-state index contributed by atoms with van der Waals surface area (Å²) in [5, 5.41) is 3.52. The normalized spacial score (nSPS) is 12.3. The molecule has 0 aromatic heterocycles. The fraction of sp³-hybridized carbons (Fsp3) is 0.333. The van der Waals surface area contributed by atoms with Crippen LogP contribution in [0.3, 0.4) is 0 Å². The fourth-order valence-corrected chi connectivity index (χ4v) is 2.52. The van der Waals surface area contributed by atoms with Crippen LogP contribution in [-0.2, 0) is 6.42 Å². The summed E-state index contributed by atoms with van der Waals surface area (Å²) < 4.78 is 13.1. The van der Waals surface area contributed by atoms with Crippen LogP contribution in [0.4, 0.5) is 4.39 Å². The smallest absolute Gasteiger partial charge is 0.123 e. The Hall–Kier alpha value is -1.67. The third-order valence-electron chi connectivity index (χ3n) is 3.50. The molecule has 0 spiro atoms. The standard InChI is InChI=1S/C18H22FN/c1-2-20-18(16-10-4-3-5-11-16)13-7-9-15-8-6-12-17(19)14-15/h3-6,8,10-12,14,18,20H,2,7,9,13H2,1H3. The summed E-state index contributed by atoms with van der Waals surface area (Å²) in [7, 11) is 0. The van der Waals surface area contributed by atoms with Crippen molar-refractivity contribution in [1.82, 2.24) is 5.32 Å². The zero-order valence-electron chi connectivity index (χ0n) is 12.0. The molecule has 2 rings (SSSR count). The van der Waals surface area contributed by atoms with Gasteiger partial charge in [0.2, 0.25) is 0 Å². The van der Waals surface area contributed by atoms with Crippen molar-refractivity contribution in [3.63, 3.8) is 0 Å². The average Bonchev–Trinajstić information content (AvgIpc) is 2.47. The van der Waals surface area contributed by atoms with E-state index in [2.05, 4.69) is 36.5 Å². The molecule has 106 valence electrons. The van der Waals surface area contributed by atoms with E-state index in [0.717, 1.165) is 31.4 Å². The van der Waals surface area contributed by atoms with Crippen molar-refractivity contribution in [2.45, 2.75) is 32.2 Å². The molecule has 0 fully saturated rings. The lowest BCUT2D eigenvalue weighted by molar-refractivity contribution is 0.497. The van der Waals surface area contributed by atoms with Gasteiger partial charge >= 0.3 is 0 Å².